The van der Waals surface area contributed by atoms with E-state index in [1.54, 1.807) is 24.3 Å². The monoisotopic (exact) mass is 511 g/mol. The summed E-state index contributed by atoms with van der Waals surface area (Å²) >= 11 is 0. The molecule has 0 spiro atoms. The number of aliphatic hydroxyl groups excluding tert-OH is 1. The van der Waals surface area contributed by atoms with Gasteiger partial charge in [0.1, 0.15) is 17.0 Å². The second-order valence-corrected chi connectivity index (χ2v) is 9.23. The van der Waals surface area contributed by atoms with Gasteiger partial charge in [0.2, 0.25) is 11.8 Å². The van der Waals surface area contributed by atoms with Crippen LogP contribution in [0.5, 0.6) is 17.5 Å². The van der Waals surface area contributed by atoms with Gasteiger partial charge < -0.3 is 24.8 Å². The highest BCUT2D eigenvalue weighted by Gasteiger charge is 2.66. The molecule has 11 heteroatoms. The molecule has 3 aromatic rings. The lowest BCUT2D eigenvalue weighted by atomic mass is 9.76. The molecule has 1 saturated heterocycles. The molecule has 0 aliphatic carbocycles. The Morgan fingerprint density at radius 1 is 1.08 bits per heavy atom. The fraction of sp³-hybridized carbons (Fsp3) is 0.308. The fourth-order valence-electron chi connectivity index (χ4n) is 5.33. The minimum absolute atomic E-state index is 0.0609. The summed E-state index contributed by atoms with van der Waals surface area (Å²) in [6, 6.07) is 12.7. The number of nitriles is 2. The van der Waals surface area contributed by atoms with Gasteiger partial charge in [-0.1, -0.05) is 0 Å². The SMILES string of the molecule is C[C@]12O[C@](CCOc3ccc(C#N)cc3)(C[C@@H]1O)c1c2c(O)n(-c2ccc(C#N)c(C(F)(F)F)c2)c1O. The van der Waals surface area contributed by atoms with Crippen molar-refractivity contribution in [2.45, 2.75) is 43.2 Å². The van der Waals surface area contributed by atoms with Crippen molar-refractivity contribution in [2.24, 2.45) is 0 Å². The topological polar surface area (TPSA) is 132 Å². The van der Waals surface area contributed by atoms with E-state index in [0.29, 0.717) is 17.4 Å². The third-order valence-corrected chi connectivity index (χ3v) is 7.08. The van der Waals surface area contributed by atoms with Gasteiger partial charge in [-0.05, 0) is 49.4 Å². The Bertz CT molecular complexity index is 1490. The molecule has 8 nitrogen and oxygen atoms in total. The molecule has 0 saturated carbocycles. The summed E-state index contributed by atoms with van der Waals surface area (Å²) in [4.78, 5) is 0. The van der Waals surface area contributed by atoms with Crippen LogP contribution in [-0.2, 0) is 22.1 Å². The largest absolute Gasteiger partial charge is 0.494 e. The van der Waals surface area contributed by atoms with Crippen molar-refractivity contribution < 1.29 is 38.0 Å². The molecule has 37 heavy (non-hydrogen) atoms. The number of benzene rings is 2. The minimum atomic E-state index is -4.84. The van der Waals surface area contributed by atoms with Crippen molar-refractivity contribution in [2.75, 3.05) is 6.61 Å². The Kier molecular flexibility index (Phi) is 5.41. The van der Waals surface area contributed by atoms with Crippen molar-refractivity contribution in [3.05, 3.63) is 70.3 Å². The number of alkyl halides is 3. The van der Waals surface area contributed by atoms with E-state index in [-0.39, 0.29) is 36.3 Å². The maximum Gasteiger partial charge on any atom is 0.417 e. The highest BCUT2D eigenvalue weighted by atomic mass is 19.4. The second kappa shape index (κ2) is 8.17. The van der Waals surface area contributed by atoms with E-state index in [1.807, 2.05) is 6.07 Å². The Labute approximate surface area is 208 Å². The standard InChI is InChI=1S/C26H20F3N3O5/c1-24-19(33)11-25(37-24,8-9-36-17-6-2-14(12-30)3-7-17)21-20(24)22(34)32(23(21)35)16-5-4-15(13-31)18(10-16)26(27,28)29/h2-7,10,19,33-35H,8-9,11H2,1H3/t19-,24-,25+/m0/s1. The number of aromatic nitrogens is 1. The van der Waals surface area contributed by atoms with Crippen LogP contribution < -0.4 is 4.74 Å². The first kappa shape index (κ1) is 24.5. The second-order valence-electron chi connectivity index (χ2n) is 9.23. The average Bonchev–Trinajstić information content (AvgIpc) is 3.39. The van der Waals surface area contributed by atoms with E-state index in [1.165, 1.54) is 19.1 Å². The molecule has 2 bridgehead atoms. The zero-order chi connectivity index (χ0) is 26.8. The molecule has 2 aromatic carbocycles. The van der Waals surface area contributed by atoms with E-state index >= 15 is 0 Å². The number of aliphatic hydroxyl groups is 1. The number of halogens is 3. The van der Waals surface area contributed by atoms with Crippen molar-refractivity contribution in [3.8, 4) is 35.3 Å². The van der Waals surface area contributed by atoms with Gasteiger partial charge in [-0.3, -0.25) is 4.57 Å². The molecule has 2 aliphatic heterocycles. The highest BCUT2D eigenvalue weighted by molar-refractivity contribution is 5.62. The molecular weight excluding hydrogens is 491 g/mol. The lowest BCUT2D eigenvalue weighted by molar-refractivity contribution is -0.137. The number of fused-ring (bicyclic) bond motifs is 5. The van der Waals surface area contributed by atoms with Crippen LogP contribution in [0, 0.1) is 22.7 Å². The summed E-state index contributed by atoms with van der Waals surface area (Å²) in [5.41, 5.74) is -4.01. The lowest BCUT2D eigenvalue weighted by Gasteiger charge is -2.26. The van der Waals surface area contributed by atoms with Crippen molar-refractivity contribution >= 4 is 0 Å². The van der Waals surface area contributed by atoms with Crippen molar-refractivity contribution in [1.82, 2.24) is 4.57 Å². The maximum atomic E-state index is 13.6. The number of rotatable bonds is 5. The molecule has 3 N–H and O–H groups in total. The predicted molar refractivity (Wildman–Crippen MR) is 121 cm³/mol. The molecule has 0 amide bonds. The number of aromatic hydroxyl groups is 2. The van der Waals surface area contributed by atoms with Crippen LogP contribution in [0.1, 0.15) is 47.6 Å². The van der Waals surface area contributed by atoms with Crippen LogP contribution in [0.15, 0.2) is 42.5 Å². The normalized spacial score (nSPS) is 23.9. The number of hydrogen-bond acceptors (Lipinski definition) is 7. The Hall–Kier alpha value is -4.19. The van der Waals surface area contributed by atoms with Crippen LogP contribution >= 0.6 is 0 Å². The quantitative estimate of drug-likeness (QED) is 0.465. The van der Waals surface area contributed by atoms with Crippen LogP contribution in [0.4, 0.5) is 13.2 Å². The first-order valence-corrected chi connectivity index (χ1v) is 11.3. The van der Waals surface area contributed by atoms with E-state index in [2.05, 4.69) is 0 Å². The van der Waals surface area contributed by atoms with E-state index in [9.17, 15) is 28.5 Å². The van der Waals surface area contributed by atoms with Crippen LogP contribution in [0.2, 0.25) is 0 Å². The molecule has 1 fully saturated rings. The first-order valence-electron chi connectivity index (χ1n) is 11.3. The van der Waals surface area contributed by atoms with Gasteiger partial charge in [-0.15, -0.1) is 0 Å². The molecule has 0 unspecified atom stereocenters. The molecule has 3 heterocycles. The molecule has 3 atom stereocenters. The number of nitrogens with zero attached hydrogens (tertiary/aromatic N) is 3. The van der Waals surface area contributed by atoms with Crippen molar-refractivity contribution in [3.63, 3.8) is 0 Å². The molecule has 190 valence electrons. The van der Waals surface area contributed by atoms with Gasteiger partial charge in [-0.25, -0.2) is 0 Å². The average molecular weight is 511 g/mol. The summed E-state index contributed by atoms with van der Waals surface area (Å²) < 4.78 is 53.5. The molecule has 1 aromatic heterocycles. The predicted octanol–water partition coefficient (Wildman–Crippen LogP) is 4.33. The Morgan fingerprint density at radius 2 is 1.76 bits per heavy atom. The van der Waals surface area contributed by atoms with E-state index in [4.69, 9.17) is 20.0 Å². The smallest absolute Gasteiger partial charge is 0.417 e. The van der Waals surface area contributed by atoms with Gasteiger partial charge in [0, 0.05) is 12.8 Å². The molecule has 2 aliphatic rings. The van der Waals surface area contributed by atoms with E-state index in [0.717, 1.165) is 10.6 Å². The first-order chi connectivity index (χ1) is 17.4. The number of hydrogen-bond donors (Lipinski definition) is 3. The number of ether oxygens (including phenoxy) is 2. The summed E-state index contributed by atoms with van der Waals surface area (Å²) in [5.74, 6) is -0.613. The van der Waals surface area contributed by atoms with Crippen molar-refractivity contribution in [1.29, 1.82) is 10.5 Å². The third-order valence-electron chi connectivity index (χ3n) is 7.08. The zero-order valence-corrected chi connectivity index (χ0v) is 19.4. The fourth-order valence-corrected chi connectivity index (χ4v) is 5.33. The van der Waals surface area contributed by atoms with Crippen LogP contribution in [0.3, 0.4) is 0 Å². The van der Waals surface area contributed by atoms with Crippen LogP contribution in [-0.4, -0.2) is 32.6 Å². The molecule has 5 rings (SSSR count). The summed E-state index contributed by atoms with van der Waals surface area (Å²) in [6.07, 6.45) is -5.70. The Morgan fingerprint density at radius 3 is 2.38 bits per heavy atom. The van der Waals surface area contributed by atoms with Gasteiger partial charge in [0.25, 0.3) is 0 Å². The van der Waals surface area contributed by atoms with Gasteiger partial charge >= 0.3 is 6.18 Å². The molecule has 0 radical (unpaired) electrons. The van der Waals surface area contributed by atoms with Crippen LogP contribution in [0.25, 0.3) is 5.69 Å². The maximum absolute atomic E-state index is 13.6. The minimum Gasteiger partial charge on any atom is -0.494 e. The van der Waals surface area contributed by atoms with Gasteiger partial charge in [0.05, 0.1) is 58.4 Å². The lowest BCUT2D eigenvalue weighted by Crippen LogP contribution is -2.33. The summed E-state index contributed by atoms with van der Waals surface area (Å²) in [5, 5.41) is 51.1. The van der Waals surface area contributed by atoms with E-state index < -0.39 is 46.4 Å². The highest BCUT2D eigenvalue weighted by Crippen LogP contribution is 2.65. The zero-order valence-electron chi connectivity index (χ0n) is 19.4. The van der Waals surface area contributed by atoms with Gasteiger partial charge in [-0.2, -0.15) is 23.7 Å². The van der Waals surface area contributed by atoms with Gasteiger partial charge in [0.15, 0.2) is 0 Å². The summed E-state index contributed by atoms with van der Waals surface area (Å²) in [7, 11) is 0. The third kappa shape index (κ3) is 3.58. The Balaban J connectivity index is 1.54. The summed E-state index contributed by atoms with van der Waals surface area (Å²) in [6.45, 7) is 1.62. The molecular formula is C26H20F3N3O5.